The number of nitrogens with zero attached hydrogens (tertiary/aromatic N) is 1. The molecule has 0 spiro atoms. The standard InChI is InChI=1S/C19H13Br3N2O4/c1-27-17(25)10-28-18-15(21)7-11(8-16(18)22)6-12(9-23)19(26)24-14-4-2-13(20)3-5-14/h2-8H,10H2,1H3,(H,24,26)/b12-6-. The molecule has 0 saturated carbocycles. The topological polar surface area (TPSA) is 88.4 Å². The van der Waals surface area contributed by atoms with Gasteiger partial charge in [-0.05, 0) is 79.9 Å². The number of carbonyl (C=O) groups is 2. The van der Waals surface area contributed by atoms with Crippen molar-refractivity contribution in [3.05, 3.63) is 61.0 Å². The van der Waals surface area contributed by atoms with E-state index in [1.54, 1.807) is 36.4 Å². The molecule has 0 heterocycles. The second-order valence-electron chi connectivity index (χ2n) is 5.31. The van der Waals surface area contributed by atoms with Gasteiger partial charge in [-0.1, -0.05) is 15.9 Å². The van der Waals surface area contributed by atoms with Crippen LogP contribution in [0.5, 0.6) is 5.75 Å². The predicted molar refractivity (Wildman–Crippen MR) is 116 cm³/mol. The Morgan fingerprint density at radius 3 is 2.29 bits per heavy atom. The van der Waals surface area contributed by atoms with E-state index < -0.39 is 11.9 Å². The Kier molecular flexibility index (Phi) is 8.23. The third-order valence-electron chi connectivity index (χ3n) is 3.36. The molecular formula is C19H13Br3N2O4. The Hall–Kier alpha value is -2.15. The first-order valence-corrected chi connectivity index (χ1v) is 10.1. The summed E-state index contributed by atoms with van der Waals surface area (Å²) in [5.41, 5.74) is 1.10. The lowest BCUT2D eigenvalue weighted by Crippen LogP contribution is -2.13. The van der Waals surface area contributed by atoms with Crippen molar-refractivity contribution in [1.82, 2.24) is 0 Å². The van der Waals surface area contributed by atoms with Crippen LogP contribution in [-0.4, -0.2) is 25.6 Å². The molecule has 0 radical (unpaired) electrons. The number of esters is 1. The van der Waals surface area contributed by atoms with Crippen LogP contribution in [-0.2, 0) is 14.3 Å². The molecule has 9 heteroatoms. The Morgan fingerprint density at radius 2 is 1.75 bits per heavy atom. The van der Waals surface area contributed by atoms with Crippen LogP contribution in [0.25, 0.3) is 6.08 Å². The zero-order valence-corrected chi connectivity index (χ0v) is 19.2. The summed E-state index contributed by atoms with van der Waals surface area (Å²) in [6, 6.07) is 12.2. The van der Waals surface area contributed by atoms with E-state index in [1.807, 2.05) is 6.07 Å². The number of methoxy groups -OCH3 is 1. The lowest BCUT2D eigenvalue weighted by molar-refractivity contribution is -0.142. The molecular weight excluding hydrogens is 560 g/mol. The molecule has 0 fully saturated rings. The number of benzene rings is 2. The van der Waals surface area contributed by atoms with E-state index in [9.17, 15) is 14.9 Å². The molecule has 0 unspecified atom stereocenters. The zero-order chi connectivity index (χ0) is 20.7. The predicted octanol–water partition coefficient (Wildman–Crippen LogP) is 5.07. The molecule has 0 bridgehead atoms. The molecule has 144 valence electrons. The number of hydrogen-bond donors (Lipinski definition) is 1. The minimum Gasteiger partial charge on any atom is -0.480 e. The van der Waals surface area contributed by atoms with Crippen molar-refractivity contribution in [3.63, 3.8) is 0 Å². The van der Waals surface area contributed by atoms with Gasteiger partial charge in [0.15, 0.2) is 6.61 Å². The lowest BCUT2D eigenvalue weighted by Gasteiger charge is -2.10. The number of anilines is 1. The maximum Gasteiger partial charge on any atom is 0.343 e. The van der Waals surface area contributed by atoms with Crippen molar-refractivity contribution in [2.24, 2.45) is 0 Å². The first-order chi connectivity index (χ1) is 13.3. The highest BCUT2D eigenvalue weighted by atomic mass is 79.9. The number of rotatable bonds is 6. The van der Waals surface area contributed by atoms with Crippen LogP contribution in [0, 0.1) is 11.3 Å². The van der Waals surface area contributed by atoms with Gasteiger partial charge in [-0.25, -0.2) is 4.79 Å². The van der Waals surface area contributed by atoms with E-state index in [4.69, 9.17) is 4.74 Å². The Bertz CT molecular complexity index is 943. The van der Waals surface area contributed by atoms with Gasteiger partial charge < -0.3 is 14.8 Å². The van der Waals surface area contributed by atoms with Gasteiger partial charge in [-0.3, -0.25) is 4.79 Å². The van der Waals surface area contributed by atoms with Crippen molar-refractivity contribution in [2.45, 2.75) is 0 Å². The van der Waals surface area contributed by atoms with Gasteiger partial charge >= 0.3 is 5.97 Å². The van der Waals surface area contributed by atoms with Crippen molar-refractivity contribution in [2.75, 3.05) is 19.0 Å². The Labute approximate surface area is 186 Å². The molecule has 2 rings (SSSR count). The summed E-state index contributed by atoms with van der Waals surface area (Å²) < 4.78 is 11.9. The number of ether oxygens (including phenoxy) is 2. The second-order valence-corrected chi connectivity index (χ2v) is 7.93. The van der Waals surface area contributed by atoms with Crippen LogP contribution in [0.15, 0.2) is 55.4 Å². The van der Waals surface area contributed by atoms with Gasteiger partial charge in [0.25, 0.3) is 5.91 Å². The molecule has 0 saturated heterocycles. The van der Waals surface area contributed by atoms with Crippen molar-refractivity contribution < 1.29 is 19.1 Å². The smallest absolute Gasteiger partial charge is 0.343 e. The third kappa shape index (κ3) is 6.19. The maximum atomic E-state index is 12.4. The van der Waals surface area contributed by atoms with Crippen LogP contribution in [0.2, 0.25) is 0 Å². The van der Waals surface area contributed by atoms with Gasteiger partial charge in [0.05, 0.1) is 16.1 Å². The number of nitriles is 1. The Morgan fingerprint density at radius 1 is 1.14 bits per heavy atom. The lowest BCUT2D eigenvalue weighted by atomic mass is 10.1. The number of carbonyl (C=O) groups excluding carboxylic acids is 2. The molecule has 1 N–H and O–H groups in total. The zero-order valence-electron chi connectivity index (χ0n) is 14.5. The van der Waals surface area contributed by atoms with E-state index in [0.717, 1.165) is 4.47 Å². The first-order valence-electron chi connectivity index (χ1n) is 7.71. The van der Waals surface area contributed by atoms with Crippen LogP contribution >= 0.6 is 47.8 Å². The fourth-order valence-corrected chi connectivity index (χ4v) is 3.75. The normalized spacial score (nSPS) is 10.8. The summed E-state index contributed by atoms with van der Waals surface area (Å²) in [6.07, 6.45) is 1.45. The molecule has 2 aromatic carbocycles. The third-order valence-corrected chi connectivity index (χ3v) is 5.07. The van der Waals surface area contributed by atoms with Crippen LogP contribution in [0.4, 0.5) is 5.69 Å². The molecule has 0 aliphatic rings. The largest absolute Gasteiger partial charge is 0.480 e. The number of hydrogen-bond acceptors (Lipinski definition) is 5. The fourth-order valence-electron chi connectivity index (χ4n) is 2.04. The molecule has 0 aliphatic heterocycles. The van der Waals surface area contributed by atoms with Gasteiger partial charge in [-0.15, -0.1) is 0 Å². The molecule has 0 aliphatic carbocycles. The van der Waals surface area contributed by atoms with Gasteiger partial charge in [0.1, 0.15) is 17.4 Å². The molecule has 1 amide bonds. The highest BCUT2D eigenvalue weighted by Gasteiger charge is 2.13. The first kappa shape index (κ1) is 22.1. The average Bonchev–Trinajstić information content (AvgIpc) is 2.66. The van der Waals surface area contributed by atoms with Crippen LogP contribution in [0.1, 0.15) is 5.56 Å². The summed E-state index contributed by atoms with van der Waals surface area (Å²) in [7, 11) is 1.27. The highest BCUT2D eigenvalue weighted by Crippen LogP contribution is 2.35. The van der Waals surface area contributed by atoms with E-state index in [2.05, 4.69) is 57.8 Å². The summed E-state index contributed by atoms with van der Waals surface area (Å²) >= 11 is 10.0. The average molecular weight is 573 g/mol. The van der Waals surface area contributed by atoms with Crippen molar-refractivity contribution in [1.29, 1.82) is 5.26 Å². The number of halogens is 3. The fraction of sp³-hybridized carbons (Fsp3) is 0.105. The van der Waals surface area contributed by atoms with Gasteiger partial charge in [0, 0.05) is 10.2 Å². The monoisotopic (exact) mass is 570 g/mol. The van der Waals surface area contributed by atoms with E-state index >= 15 is 0 Å². The summed E-state index contributed by atoms with van der Waals surface area (Å²) in [4.78, 5) is 23.6. The summed E-state index contributed by atoms with van der Waals surface area (Å²) in [6.45, 7) is -0.248. The van der Waals surface area contributed by atoms with Crippen LogP contribution in [0.3, 0.4) is 0 Å². The minimum absolute atomic E-state index is 0.0649. The van der Waals surface area contributed by atoms with E-state index in [1.165, 1.54) is 13.2 Å². The molecule has 0 atom stereocenters. The maximum absolute atomic E-state index is 12.4. The van der Waals surface area contributed by atoms with E-state index in [-0.39, 0.29) is 12.2 Å². The van der Waals surface area contributed by atoms with Crippen molar-refractivity contribution >= 4 is 71.4 Å². The van der Waals surface area contributed by atoms with Gasteiger partial charge in [0.2, 0.25) is 0 Å². The van der Waals surface area contributed by atoms with Crippen LogP contribution < -0.4 is 10.1 Å². The molecule has 28 heavy (non-hydrogen) atoms. The van der Waals surface area contributed by atoms with Gasteiger partial charge in [-0.2, -0.15) is 5.26 Å². The Balaban J connectivity index is 2.21. The number of amides is 1. The molecule has 6 nitrogen and oxygen atoms in total. The molecule has 0 aromatic heterocycles. The SMILES string of the molecule is COC(=O)COc1c(Br)cc(/C=C(/C#N)C(=O)Nc2ccc(Br)cc2)cc1Br. The minimum atomic E-state index is -0.525. The van der Waals surface area contributed by atoms with E-state index in [0.29, 0.717) is 25.9 Å². The quantitative estimate of drug-likeness (QED) is 0.297. The molecule has 2 aromatic rings. The number of nitrogens with one attached hydrogen (secondary N) is 1. The second kappa shape index (κ2) is 10.4. The summed E-state index contributed by atoms with van der Waals surface area (Å²) in [5.74, 6) is -0.636. The van der Waals surface area contributed by atoms with Crippen molar-refractivity contribution in [3.8, 4) is 11.8 Å². The summed E-state index contributed by atoms with van der Waals surface area (Å²) in [5, 5.41) is 12.0. The highest BCUT2D eigenvalue weighted by molar-refractivity contribution is 9.11.